The van der Waals surface area contributed by atoms with Crippen LogP contribution in [-0.2, 0) is 6.42 Å². The third-order valence-corrected chi connectivity index (χ3v) is 2.92. The van der Waals surface area contributed by atoms with Crippen molar-refractivity contribution in [2.24, 2.45) is 0 Å². The van der Waals surface area contributed by atoms with Crippen LogP contribution < -0.4 is 0 Å². The lowest BCUT2D eigenvalue weighted by atomic mass is 10.0. The minimum absolute atomic E-state index is 0.120. The smallest absolute Gasteiger partial charge is 0.127 e. The Balaban J connectivity index is 2.25. The molecule has 0 aliphatic rings. The van der Waals surface area contributed by atoms with E-state index in [4.69, 9.17) is 0 Å². The summed E-state index contributed by atoms with van der Waals surface area (Å²) in [4.78, 5) is 0. The molecule has 0 saturated carbocycles. The molecule has 2 aromatic carbocycles. The molecular weight excluding hydrogens is 302 g/mol. The molecule has 0 spiro atoms. The van der Waals surface area contributed by atoms with Crippen LogP contribution in [0, 0.1) is 9.39 Å². The lowest BCUT2D eigenvalue weighted by Crippen LogP contribution is -1.92. The van der Waals surface area contributed by atoms with Crippen LogP contribution in [0.25, 0.3) is 0 Å². The third-order valence-electron chi connectivity index (χ3n) is 2.25. The molecule has 0 aliphatic heterocycles. The Hall–Kier alpha value is -0.900. The van der Waals surface area contributed by atoms with Crippen molar-refractivity contribution in [1.82, 2.24) is 0 Å². The second-order valence-corrected chi connectivity index (χ2v) is 4.64. The van der Waals surface area contributed by atoms with Crippen molar-refractivity contribution in [2.75, 3.05) is 0 Å². The zero-order valence-electron chi connectivity index (χ0n) is 8.08. The van der Waals surface area contributed by atoms with Gasteiger partial charge in [-0.15, -0.1) is 0 Å². The molecule has 0 heterocycles. The molecule has 0 amide bonds. The first-order chi connectivity index (χ1) is 7.25. The lowest BCUT2D eigenvalue weighted by Gasteiger charge is -2.03. The average Bonchev–Trinajstić information content (AvgIpc) is 2.24. The zero-order chi connectivity index (χ0) is 10.7. The summed E-state index contributed by atoms with van der Waals surface area (Å²) in [5, 5.41) is 0. The van der Waals surface area contributed by atoms with E-state index in [1.54, 1.807) is 6.07 Å². The van der Waals surface area contributed by atoms with E-state index in [9.17, 15) is 4.39 Å². The molecule has 2 rings (SSSR count). The van der Waals surface area contributed by atoms with Gasteiger partial charge in [0.1, 0.15) is 5.82 Å². The molecule has 0 N–H and O–H groups in total. The number of hydrogen-bond donors (Lipinski definition) is 0. The number of rotatable bonds is 2. The van der Waals surface area contributed by atoms with Gasteiger partial charge in [0.25, 0.3) is 0 Å². The van der Waals surface area contributed by atoms with Gasteiger partial charge in [0.2, 0.25) is 0 Å². The molecular formula is C13H10FI. The van der Waals surface area contributed by atoms with Crippen LogP contribution in [0.2, 0.25) is 0 Å². The van der Waals surface area contributed by atoms with Crippen LogP contribution in [-0.4, -0.2) is 0 Å². The van der Waals surface area contributed by atoms with E-state index < -0.39 is 0 Å². The number of halogens is 2. The summed E-state index contributed by atoms with van der Waals surface area (Å²) in [7, 11) is 0. The van der Waals surface area contributed by atoms with E-state index in [0.29, 0.717) is 6.42 Å². The van der Waals surface area contributed by atoms with E-state index in [-0.39, 0.29) is 5.82 Å². The molecule has 0 bridgehead atoms. The van der Waals surface area contributed by atoms with E-state index in [1.165, 1.54) is 0 Å². The van der Waals surface area contributed by atoms with Crippen LogP contribution in [0.4, 0.5) is 4.39 Å². The maximum atomic E-state index is 13.5. The van der Waals surface area contributed by atoms with Gasteiger partial charge in [0.15, 0.2) is 0 Å². The summed E-state index contributed by atoms with van der Waals surface area (Å²) in [5.74, 6) is -0.120. The summed E-state index contributed by atoms with van der Waals surface area (Å²) in [6.07, 6.45) is 0.656. The fourth-order valence-electron chi connectivity index (χ4n) is 1.48. The van der Waals surface area contributed by atoms with E-state index >= 15 is 0 Å². The molecule has 0 nitrogen and oxygen atoms in total. The number of hydrogen-bond acceptors (Lipinski definition) is 0. The van der Waals surface area contributed by atoms with Crippen molar-refractivity contribution in [3.05, 3.63) is 69.0 Å². The fraction of sp³-hybridized carbons (Fsp3) is 0.0769. The maximum absolute atomic E-state index is 13.5. The molecule has 2 aromatic rings. The topological polar surface area (TPSA) is 0 Å². The van der Waals surface area contributed by atoms with Crippen LogP contribution in [0.5, 0.6) is 0 Å². The summed E-state index contributed by atoms with van der Waals surface area (Å²) < 4.78 is 14.5. The van der Waals surface area contributed by atoms with Crippen molar-refractivity contribution in [2.45, 2.75) is 6.42 Å². The normalized spacial score (nSPS) is 10.3. The predicted octanol–water partition coefficient (Wildman–Crippen LogP) is 4.02. The second kappa shape index (κ2) is 4.75. The van der Waals surface area contributed by atoms with Crippen LogP contribution >= 0.6 is 22.6 Å². The van der Waals surface area contributed by atoms with Gasteiger partial charge in [-0.2, -0.15) is 0 Å². The van der Waals surface area contributed by atoms with Gasteiger partial charge >= 0.3 is 0 Å². The van der Waals surface area contributed by atoms with Crippen LogP contribution in [0.15, 0.2) is 48.5 Å². The Labute approximate surface area is 102 Å². The quantitative estimate of drug-likeness (QED) is 0.735. The first-order valence-electron chi connectivity index (χ1n) is 4.73. The van der Waals surface area contributed by atoms with E-state index in [2.05, 4.69) is 22.6 Å². The Morgan fingerprint density at radius 3 is 2.40 bits per heavy atom. The van der Waals surface area contributed by atoms with Crippen molar-refractivity contribution >= 4 is 22.6 Å². The van der Waals surface area contributed by atoms with Crippen molar-refractivity contribution < 1.29 is 4.39 Å². The standard InChI is InChI=1S/C13H10FI/c14-13-9-12(15)7-6-11(13)8-10-4-2-1-3-5-10/h1-7,9H,8H2. The van der Waals surface area contributed by atoms with Gasteiger partial charge in [0.05, 0.1) is 0 Å². The highest BCUT2D eigenvalue weighted by Gasteiger charge is 2.03. The van der Waals surface area contributed by atoms with E-state index in [0.717, 1.165) is 14.7 Å². The van der Waals surface area contributed by atoms with Gasteiger partial charge in [-0.1, -0.05) is 36.4 Å². The number of benzene rings is 2. The summed E-state index contributed by atoms with van der Waals surface area (Å²) in [5.41, 5.74) is 1.89. The van der Waals surface area contributed by atoms with Gasteiger partial charge < -0.3 is 0 Å². The summed E-state index contributed by atoms with van der Waals surface area (Å²) in [6, 6.07) is 15.3. The SMILES string of the molecule is Fc1cc(I)ccc1Cc1ccccc1. The van der Waals surface area contributed by atoms with Crippen LogP contribution in [0.1, 0.15) is 11.1 Å². The molecule has 2 heteroatoms. The molecule has 0 fully saturated rings. The molecule has 0 radical (unpaired) electrons. The molecule has 0 saturated heterocycles. The van der Waals surface area contributed by atoms with Gasteiger partial charge in [-0.3, -0.25) is 0 Å². The third kappa shape index (κ3) is 2.78. The molecule has 0 aromatic heterocycles. The first kappa shape index (κ1) is 10.6. The highest BCUT2D eigenvalue weighted by Crippen LogP contribution is 2.15. The van der Waals surface area contributed by atoms with Crippen molar-refractivity contribution in [3.63, 3.8) is 0 Å². The minimum atomic E-state index is -0.120. The first-order valence-corrected chi connectivity index (χ1v) is 5.81. The van der Waals surface area contributed by atoms with Crippen molar-refractivity contribution in [1.29, 1.82) is 0 Å². The minimum Gasteiger partial charge on any atom is -0.207 e. The lowest BCUT2D eigenvalue weighted by molar-refractivity contribution is 0.613. The van der Waals surface area contributed by atoms with Crippen molar-refractivity contribution in [3.8, 4) is 0 Å². The molecule has 0 unspecified atom stereocenters. The van der Waals surface area contributed by atoms with Crippen LogP contribution in [0.3, 0.4) is 0 Å². The summed E-state index contributed by atoms with van der Waals surface area (Å²) in [6.45, 7) is 0. The summed E-state index contributed by atoms with van der Waals surface area (Å²) >= 11 is 2.11. The molecule has 0 aliphatic carbocycles. The largest absolute Gasteiger partial charge is 0.207 e. The zero-order valence-corrected chi connectivity index (χ0v) is 10.2. The Bertz CT molecular complexity index is 451. The maximum Gasteiger partial charge on any atom is 0.127 e. The highest BCUT2D eigenvalue weighted by molar-refractivity contribution is 14.1. The Morgan fingerprint density at radius 1 is 1.00 bits per heavy atom. The monoisotopic (exact) mass is 312 g/mol. The van der Waals surface area contributed by atoms with Gasteiger partial charge in [-0.05, 0) is 45.9 Å². The Kier molecular flexibility index (Phi) is 3.36. The average molecular weight is 312 g/mol. The molecule has 0 atom stereocenters. The fourth-order valence-corrected chi connectivity index (χ4v) is 1.93. The van der Waals surface area contributed by atoms with E-state index in [1.807, 2.05) is 42.5 Å². The van der Waals surface area contributed by atoms with Gasteiger partial charge in [-0.25, -0.2) is 4.39 Å². The molecule has 15 heavy (non-hydrogen) atoms. The predicted molar refractivity (Wildman–Crippen MR) is 68.4 cm³/mol. The molecule has 76 valence electrons. The second-order valence-electron chi connectivity index (χ2n) is 3.40. The Morgan fingerprint density at radius 2 is 1.73 bits per heavy atom. The van der Waals surface area contributed by atoms with Gasteiger partial charge in [0, 0.05) is 9.99 Å². The highest BCUT2D eigenvalue weighted by atomic mass is 127.